The summed E-state index contributed by atoms with van der Waals surface area (Å²) in [5.41, 5.74) is 1.62. The molecule has 0 aliphatic rings. The molecule has 1 aromatic heterocycles. The quantitative estimate of drug-likeness (QED) is 0.648. The molecule has 0 aliphatic heterocycles. The zero-order chi connectivity index (χ0) is 20.1. The van der Waals surface area contributed by atoms with Gasteiger partial charge in [-0.2, -0.15) is 0 Å². The van der Waals surface area contributed by atoms with Crippen molar-refractivity contribution in [3.8, 4) is 17.2 Å². The molecule has 9 heteroatoms. The summed E-state index contributed by atoms with van der Waals surface area (Å²) in [5, 5.41) is 10.0. The maximum atomic E-state index is 12.3. The Bertz CT molecular complexity index is 1060. The molecule has 1 amide bonds. The lowest BCUT2D eigenvalue weighted by Crippen LogP contribution is -2.17. The molecule has 0 spiro atoms. The molecule has 3 rings (SSSR count). The Hall–Kier alpha value is -3.20. The molecule has 8 nitrogen and oxygen atoms in total. The van der Waals surface area contributed by atoms with Crippen molar-refractivity contribution in [3.05, 3.63) is 54.1 Å². The summed E-state index contributed by atoms with van der Waals surface area (Å²) in [6.07, 6.45) is -0.226. The van der Waals surface area contributed by atoms with Gasteiger partial charge in [-0.25, -0.2) is 8.42 Å². The van der Waals surface area contributed by atoms with E-state index in [0.717, 1.165) is 5.56 Å². The zero-order valence-electron chi connectivity index (χ0n) is 15.4. The summed E-state index contributed by atoms with van der Waals surface area (Å²) in [6, 6.07) is 13.4. The van der Waals surface area contributed by atoms with E-state index in [1.807, 2.05) is 6.92 Å². The van der Waals surface area contributed by atoms with Gasteiger partial charge in [0.15, 0.2) is 9.84 Å². The van der Waals surface area contributed by atoms with Gasteiger partial charge >= 0.3 is 6.01 Å². The molecule has 1 heterocycles. The third kappa shape index (κ3) is 4.74. The third-order valence-corrected chi connectivity index (χ3v) is 5.72. The second-order valence-electron chi connectivity index (χ2n) is 6.07. The van der Waals surface area contributed by atoms with Crippen molar-refractivity contribution in [2.45, 2.75) is 18.2 Å². The lowest BCUT2D eigenvalue weighted by molar-refractivity contribution is -0.115. The van der Waals surface area contributed by atoms with E-state index >= 15 is 0 Å². The average molecular weight is 401 g/mol. The van der Waals surface area contributed by atoms with E-state index in [-0.39, 0.29) is 29.0 Å². The number of ether oxygens (including phenoxy) is 1. The van der Waals surface area contributed by atoms with Gasteiger partial charge in [0.05, 0.1) is 17.8 Å². The van der Waals surface area contributed by atoms with Crippen molar-refractivity contribution in [3.63, 3.8) is 0 Å². The Morgan fingerprint density at radius 2 is 1.75 bits per heavy atom. The topological polar surface area (TPSA) is 111 Å². The molecule has 0 unspecified atom stereocenters. The fraction of sp³-hybridized carbons (Fsp3) is 0.211. The van der Waals surface area contributed by atoms with Gasteiger partial charge in [-0.15, -0.1) is 5.10 Å². The predicted octanol–water partition coefficient (Wildman–Crippen LogP) is 2.86. The molecule has 146 valence electrons. The van der Waals surface area contributed by atoms with Crippen LogP contribution in [0.3, 0.4) is 0 Å². The normalized spacial score (nSPS) is 11.2. The highest BCUT2D eigenvalue weighted by atomic mass is 32.2. The van der Waals surface area contributed by atoms with Crippen LogP contribution in [0.4, 0.5) is 6.01 Å². The Morgan fingerprint density at radius 3 is 2.39 bits per heavy atom. The monoisotopic (exact) mass is 401 g/mol. The summed E-state index contributed by atoms with van der Waals surface area (Å²) in [7, 11) is -1.98. The van der Waals surface area contributed by atoms with Crippen LogP contribution in [-0.2, 0) is 14.6 Å². The van der Waals surface area contributed by atoms with E-state index in [1.165, 1.54) is 12.1 Å². The second-order valence-corrected chi connectivity index (χ2v) is 8.18. The van der Waals surface area contributed by atoms with E-state index in [9.17, 15) is 13.2 Å². The minimum Gasteiger partial charge on any atom is -0.497 e. The summed E-state index contributed by atoms with van der Waals surface area (Å²) in [6.45, 7) is 1.87. The molecule has 28 heavy (non-hydrogen) atoms. The second kappa shape index (κ2) is 8.22. The van der Waals surface area contributed by atoms with Crippen molar-refractivity contribution in [1.82, 2.24) is 10.2 Å². The van der Waals surface area contributed by atoms with Crippen LogP contribution in [0, 0.1) is 6.92 Å². The van der Waals surface area contributed by atoms with Crippen molar-refractivity contribution in [1.29, 1.82) is 0 Å². The average Bonchev–Trinajstić information content (AvgIpc) is 3.15. The maximum Gasteiger partial charge on any atom is 0.322 e. The fourth-order valence-electron chi connectivity index (χ4n) is 2.40. The minimum absolute atomic E-state index is 0.0939. The molecule has 3 aromatic rings. The van der Waals surface area contributed by atoms with E-state index in [0.29, 0.717) is 11.3 Å². The first-order valence-electron chi connectivity index (χ1n) is 8.44. The number of aryl methyl sites for hydroxylation is 1. The SMILES string of the molecule is COc1ccc(-c2nnc(NC(=O)CCS(=O)(=O)c3ccc(C)cc3)o2)cc1. The molecule has 2 aromatic carbocycles. The number of sulfone groups is 1. The van der Waals surface area contributed by atoms with Crippen molar-refractivity contribution >= 4 is 21.8 Å². The maximum absolute atomic E-state index is 12.3. The molecule has 0 radical (unpaired) electrons. The number of hydrogen-bond donors (Lipinski definition) is 1. The Balaban J connectivity index is 1.59. The van der Waals surface area contributed by atoms with E-state index in [4.69, 9.17) is 9.15 Å². The van der Waals surface area contributed by atoms with Crippen LogP contribution < -0.4 is 10.1 Å². The van der Waals surface area contributed by atoms with Gasteiger partial charge in [-0.3, -0.25) is 10.1 Å². The first kappa shape index (κ1) is 19.6. The number of nitrogens with one attached hydrogen (secondary N) is 1. The molecule has 0 bridgehead atoms. The molecule has 0 saturated heterocycles. The van der Waals surface area contributed by atoms with Crippen LogP contribution in [0.2, 0.25) is 0 Å². The largest absolute Gasteiger partial charge is 0.497 e. The lowest BCUT2D eigenvalue weighted by Gasteiger charge is -2.04. The minimum atomic E-state index is -3.55. The summed E-state index contributed by atoms with van der Waals surface area (Å²) >= 11 is 0. The molecular weight excluding hydrogens is 382 g/mol. The van der Waals surface area contributed by atoms with Gasteiger partial charge in [0.2, 0.25) is 11.8 Å². The van der Waals surface area contributed by atoms with Crippen molar-refractivity contribution in [2.75, 3.05) is 18.2 Å². The Morgan fingerprint density at radius 1 is 1.07 bits per heavy atom. The third-order valence-electron chi connectivity index (χ3n) is 3.99. The highest BCUT2D eigenvalue weighted by Crippen LogP contribution is 2.22. The van der Waals surface area contributed by atoms with Gasteiger partial charge in [-0.1, -0.05) is 22.8 Å². The molecule has 0 fully saturated rings. The van der Waals surface area contributed by atoms with E-state index < -0.39 is 15.7 Å². The Labute approximate surface area is 162 Å². The number of aromatic nitrogens is 2. The van der Waals surface area contributed by atoms with Gasteiger partial charge < -0.3 is 9.15 Å². The molecular formula is C19H19N3O5S. The first-order valence-corrected chi connectivity index (χ1v) is 10.1. The number of carbonyl (C=O) groups excluding carboxylic acids is 1. The smallest absolute Gasteiger partial charge is 0.322 e. The van der Waals surface area contributed by atoms with Crippen LogP contribution in [-0.4, -0.2) is 37.4 Å². The van der Waals surface area contributed by atoms with Gasteiger partial charge in [-0.05, 0) is 43.3 Å². The lowest BCUT2D eigenvalue weighted by atomic mass is 10.2. The predicted molar refractivity (Wildman–Crippen MR) is 103 cm³/mol. The number of anilines is 1. The summed E-state index contributed by atoms with van der Waals surface area (Å²) in [5.74, 6) is 0.0684. The fourth-order valence-corrected chi connectivity index (χ4v) is 3.64. The van der Waals surface area contributed by atoms with Crippen molar-refractivity contribution < 1.29 is 22.4 Å². The van der Waals surface area contributed by atoms with Crippen LogP contribution >= 0.6 is 0 Å². The number of benzene rings is 2. The first-order chi connectivity index (χ1) is 13.4. The highest BCUT2D eigenvalue weighted by Gasteiger charge is 2.18. The number of amides is 1. The summed E-state index contributed by atoms with van der Waals surface area (Å²) < 4.78 is 35.1. The molecule has 0 aliphatic carbocycles. The van der Waals surface area contributed by atoms with Gasteiger partial charge in [0.25, 0.3) is 0 Å². The molecule has 0 atom stereocenters. The van der Waals surface area contributed by atoms with E-state index in [1.54, 1.807) is 43.5 Å². The number of hydrogen-bond acceptors (Lipinski definition) is 7. The summed E-state index contributed by atoms with van der Waals surface area (Å²) in [4.78, 5) is 12.2. The highest BCUT2D eigenvalue weighted by molar-refractivity contribution is 7.91. The van der Waals surface area contributed by atoms with Gasteiger partial charge in [0, 0.05) is 12.0 Å². The number of nitrogens with zero attached hydrogens (tertiary/aromatic N) is 2. The standard InChI is InChI=1S/C19H19N3O5S/c1-13-3-9-16(10-4-13)28(24,25)12-11-17(23)20-19-22-21-18(27-19)14-5-7-15(26-2)8-6-14/h3-10H,11-12H2,1-2H3,(H,20,22,23). The van der Waals surface area contributed by atoms with Gasteiger partial charge in [0.1, 0.15) is 5.75 Å². The molecule has 0 saturated carbocycles. The number of rotatable bonds is 7. The zero-order valence-corrected chi connectivity index (χ0v) is 16.2. The van der Waals surface area contributed by atoms with Crippen LogP contribution in [0.15, 0.2) is 57.8 Å². The van der Waals surface area contributed by atoms with E-state index in [2.05, 4.69) is 15.5 Å². The molecule has 1 N–H and O–H groups in total. The van der Waals surface area contributed by atoms with Crippen LogP contribution in [0.25, 0.3) is 11.5 Å². The van der Waals surface area contributed by atoms with Crippen LogP contribution in [0.5, 0.6) is 5.75 Å². The van der Waals surface area contributed by atoms with Crippen molar-refractivity contribution in [2.24, 2.45) is 0 Å². The number of carbonyl (C=O) groups is 1. The van der Waals surface area contributed by atoms with Crippen LogP contribution in [0.1, 0.15) is 12.0 Å². The number of methoxy groups -OCH3 is 1. The Kier molecular flexibility index (Phi) is 5.74.